The smallest absolute Gasteiger partial charge is 0.0998 e. The van der Waals surface area contributed by atoms with E-state index in [1.165, 1.54) is 64.6 Å². The van der Waals surface area contributed by atoms with Gasteiger partial charge in [0.1, 0.15) is 0 Å². The molecule has 290 valence electrons. The van der Waals surface area contributed by atoms with E-state index in [-0.39, 0.29) is 0 Å². The van der Waals surface area contributed by atoms with Gasteiger partial charge in [0.2, 0.25) is 0 Å². The summed E-state index contributed by atoms with van der Waals surface area (Å²) in [4.78, 5) is 0. The number of hydrogen-bond donors (Lipinski definition) is 0. The van der Waals surface area contributed by atoms with Crippen LogP contribution < -0.4 is 0 Å². The van der Waals surface area contributed by atoms with Gasteiger partial charge in [-0.2, -0.15) is 10.5 Å². The van der Waals surface area contributed by atoms with Crippen LogP contribution in [-0.2, 0) is 0 Å². The maximum atomic E-state index is 10.7. The van der Waals surface area contributed by atoms with Gasteiger partial charge >= 0.3 is 0 Å². The molecule has 11 aromatic rings. The summed E-state index contributed by atoms with van der Waals surface area (Å²) in [6, 6.07) is 66.0. The highest BCUT2D eigenvalue weighted by Gasteiger charge is 2.20. The van der Waals surface area contributed by atoms with E-state index in [1.54, 1.807) is 0 Å². The summed E-state index contributed by atoms with van der Waals surface area (Å²) >= 11 is 0. The summed E-state index contributed by atoms with van der Waals surface area (Å²) in [7, 11) is 0. The lowest BCUT2D eigenvalue weighted by Gasteiger charge is -2.18. The molecule has 2 heteroatoms. The Morgan fingerprint density at radius 2 is 0.516 bits per heavy atom. The zero-order valence-corrected chi connectivity index (χ0v) is 35.1. The van der Waals surface area contributed by atoms with Gasteiger partial charge in [-0.15, -0.1) is 0 Å². The molecule has 0 aliphatic rings. The van der Waals surface area contributed by atoms with E-state index in [0.29, 0.717) is 11.1 Å². The number of nitrogens with zero attached hydrogens (tertiary/aromatic N) is 2. The second-order valence-electron chi connectivity index (χ2n) is 16.8. The van der Waals surface area contributed by atoms with Gasteiger partial charge in [-0.1, -0.05) is 146 Å². The predicted molar refractivity (Wildman–Crippen MR) is 262 cm³/mol. The van der Waals surface area contributed by atoms with Crippen molar-refractivity contribution < 1.29 is 0 Å². The lowest BCUT2D eigenvalue weighted by Crippen LogP contribution is -1.97. The maximum Gasteiger partial charge on any atom is 0.0998 e. The SMILES string of the molecule is Cc1cc(-c2cc(C#N)c(-c3cc(C)c(-c4ccc5c6ccccc6c6ccccc6c5c4)cc3C)cc2C#N)c(C)cc1-c1ccc2c3ccccc3c3ccccc3c2c1. The minimum Gasteiger partial charge on any atom is -0.192 e. The van der Waals surface area contributed by atoms with Crippen LogP contribution >= 0.6 is 0 Å². The molecule has 0 amide bonds. The molecule has 0 bridgehead atoms. The van der Waals surface area contributed by atoms with Crippen molar-refractivity contribution in [1.29, 1.82) is 10.5 Å². The van der Waals surface area contributed by atoms with Crippen molar-refractivity contribution in [3.05, 3.63) is 203 Å². The molecule has 0 saturated heterocycles. The molecular formula is C60H40N2. The van der Waals surface area contributed by atoms with Gasteiger partial charge in [0.15, 0.2) is 0 Å². The first-order valence-corrected chi connectivity index (χ1v) is 21.2. The first-order valence-electron chi connectivity index (χ1n) is 21.2. The Morgan fingerprint density at radius 1 is 0.258 bits per heavy atom. The first kappa shape index (κ1) is 37.0. The van der Waals surface area contributed by atoms with Crippen molar-refractivity contribution >= 4 is 64.6 Å². The summed E-state index contributed by atoms with van der Waals surface area (Å²) in [5.74, 6) is 0. The molecule has 11 aromatic carbocycles. The number of fused-ring (bicyclic) bond motifs is 12. The molecule has 0 radical (unpaired) electrons. The molecule has 0 heterocycles. The number of nitriles is 2. The van der Waals surface area contributed by atoms with E-state index in [9.17, 15) is 10.5 Å². The van der Waals surface area contributed by atoms with Crippen LogP contribution in [0.3, 0.4) is 0 Å². The molecule has 0 unspecified atom stereocenters. The largest absolute Gasteiger partial charge is 0.192 e. The lowest BCUT2D eigenvalue weighted by atomic mass is 9.85. The second kappa shape index (κ2) is 14.3. The maximum absolute atomic E-state index is 10.7. The topological polar surface area (TPSA) is 47.6 Å². The van der Waals surface area contributed by atoms with Crippen molar-refractivity contribution in [2.24, 2.45) is 0 Å². The first-order chi connectivity index (χ1) is 30.3. The number of benzene rings is 11. The van der Waals surface area contributed by atoms with Crippen molar-refractivity contribution in [3.63, 3.8) is 0 Å². The van der Waals surface area contributed by atoms with E-state index in [4.69, 9.17) is 0 Å². The standard InChI is InChI=1S/C60H40N2/c1-35-27-55(37(3)25-53(35)39-21-23-51-47-17-7-5-13-43(47)45-15-9-11-19-49(45)59(51)29-39)57-31-42(34-62)58(32-41(57)33-61)56-28-36(2)54(26-38(56)4)40-22-24-52-48-18-8-6-14-44(48)46-16-10-12-20-50(46)60(52)30-40/h5-32H,1-4H3. The molecule has 0 N–H and O–H groups in total. The van der Waals surface area contributed by atoms with Crippen LogP contribution in [-0.4, -0.2) is 0 Å². The number of rotatable bonds is 4. The fraction of sp³-hybridized carbons (Fsp3) is 0.0667. The van der Waals surface area contributed by atoms with E-state index in [1.807, 2.05) is 12.1 Å². The van der Waals surface area contributed by atoms with Crippen molar-refractivity contribution in [2.45, 2.75) is 27.7 Å². The van der Waals surface area contributed by atoms with Gasteiger partial charge in [0.25, 0.3) is 0 Å². The summed E-state index contributed by atoms with van der Waals surface area (Å²) in [6.07, 6.45) is 0. The van der Waals surface area contributed by atoms with Crippen LogP contribution in [0, 0.1) is 50.4 Å². The third kappa shape index (κ3) is 5.69. The van der Waals surface area contributed by atoms with Gasteiger partial charge in [0, 0.05) is 11.1 Å². The minimum atomic E-state index is 0.549. The van der Waals surface area contributed by atoms with E-state index in [0.717, 1.165) is 66.8 Å². The molecular weight excluding hydrogens is 749 g/mol. The van der Waals surface area contributed by atoms with Crippen LogP contribution in [0.4, 0.5) is 0 Å². The van der Waals surface area contributed by atoms with Crippen molar-refractivity contribution in [1.82, 2.24) is 0 Å². The van der Waals surface area contributed by atoms with E-state index >= 15 is 0 Å². The van der Waals surface area contributed by atoms with Crippen LogP contribution in [0.5, 0.6) is 0 Å². The Hall–Kier alpha value is -8.04. The van der Waals surface area contributed by atoms with Crippen LogP contribution in [0.2, 0.25) is 0 Å². The Kier molecular flexibility index (Phi) is 8.54. The third-order valence-electron chi connectivity index (χ3n) is 13.2. The fourth-order valence-electron chi connectivity index (χ4n) is 10.2. The second-order valence-corrected chi connectivity index (χ2v) is 16.8. The lowest BCUT2D eigenvalue weighted by molar-refractivity contribution is 1.36. The molecule has 0 atom stereocenters. The minimum absolute atomic E-state index is 0.549. The quantitative estimate of drug-likeness (QED) is 0.167. The average Bonchev–Trinajstić information content (AvgIpc) is 3.32. The molecule has 0 spiro atoms. The zero-order chi connectivity index (χ0) is 42.2. The Balaban J connectivity index is 0.988. The summed E-state index contributed by atoms with van der Waals surface area (Å²) in [6.45, 7) is 8.49. The van der Waals surface area contributed by atoms with E-state index < -0.39 is 0 Å². The molecule has 0 aliphatic heterocycles. The molecule has 11 rings (SSSR count). The normalized spacial score (nSPS) is 11.5. The molecule has 0 fully saturated rings. The number of aryl methyl sites for hydroxylation is 4. The Labute approximate surface area is 361 Å². The van der Waals surface area contributed by atoms with Crippen molar-refractivity contribution in [3.8, 4) is 56.6 Å². The van der Waals surface area contributed by atoms with Gasteiger partial charge in [-0.3, -0.25) is 0 Å². The monoisotopic (exact) mass is 788 g/mol. The third-order valence-corrected chi connectivity index (χ3v) is 13.2. The predicted octanol–water partition coefficient (Wildman–Crippen LogP) is 16.3. The highest BCUT2D eigenvalue weighted by atomic mass is 14.3. The fourth-order valence-corrected chi connectivity index (χ4v) is 10.2. The van der Waals surface area contributed by atoms with Crippen molar-refractivity contribution in [2.75, 3.05) is 0 Å². The molecule has 2 nitrogen and oxygen atoms in total. The van der Waals surface area contributed by atoms with Crippen LogP contribution in [0.1, 0.15) is 33.4 Å². The highest BCUT2D eigenvalue weighted by Crippen LogP contribution is 2.43. The zero-order valence-electron chi connectivity index (χ0n) is 35.1. The molecule has 0 aromatic heterocycles. The molecule has 0 aliphatic carbocycles. The van der Waals surface area contributed by atoms with Gasteiger partial charge in [-0.05, 0) is 172 Å². The number of hydrogen-bond acceptors (Lipinski definition) is 2. The summed E-state index contributed by atoms with van der Waals surface area (Å²) < 4.78 is 0. The molecule has 0 saturated carbocycles. The van der Waals surface area contributed by atoms with Gasteiger partial charge in [-0.25, -0.2) is 0 Å². The Morgan fingerprint density at radius 3 is 0.823 bits per heavy atom. The summed E-state index contributed by atoms with van der Waals surface area (Å²) in [5.41, 5.74) is 13.5. The average molecular weight is 789 g/mol. The Bertz CT molecular complexity index is 3490. The summed E-state index contributed by atoms with van der Waals surface area (Å²) in [5, 5.41) is 36.4. The van der Waals surface area contributed by atoms with Crippen LogP contribution in [0.25, 0.3) is 109 Å². The molecule has 62 heavy (non-hydrogen) atoms. The van der Waals surface area contributed by atoms with Crippen LogP contribution in [0.15, 0.2) is 170 Å². The van der Waals surface area contributed by atoms with Gasteiger partial charge < -0.3 is 0 Å². The van der Waals surface area contributed by atoms with Gasteiger partial charge in [0.05, 0.1) is 23.3 Å². The highest BCUT2D eigenvalue weighted by molar-refractivity contribution is 6.27. The van der Waals surface area contributed by atoms with E-state index in [2.05, 4.69) is 198 Å².